The number of rotatable bonds is 1. The predicted molar refractivity (Wildman–Crippen MR) is 70.0 cm³/mol. The van der Waals surface area contributed by atoms with Crippen molar-refractivity contribution >= 4 is 28.5 Å². The van der Waals surface area contributed by atoms with Crippen molar-refractivity contribution in [3.63, 3.8) is 0 Å². The van der Waals surface area contributed by atoms with Crippen LogP contribution in [0.15, 0.2) is 23.3 Å². The van der Waals surface area contributed by atoms with Gasteiger partial charge in [-0.1, -0.05) is 11.8 Å². The molecule has 3 rings (SSSR count). The van der Waals surface area contributed by atoms with Gasteiger partial charge in [0.15, 0.2) is 10.8 Å². The first kappa shape index (κ1) is 11.2. The lowest BCUT2D eigenvalue weighted by atomic mass is 10.2. The SMILES string of the molecule is Cc1nnc2cc(C(=O)NC3=NCCS3)ccn12. The van der Waals surface area contributed by atoms with Crippen LogP contribution in [0.4, 0.5) is 0 Å². The van der Waals surface area contributed by atoms with Gasteiger partial charge >= 0.3 is 0 Å². The van der Waals surface area contributed by atoms with Gasteiger partial charge in [-0.2, -0.15) is 0 Å². The molecule has 7 heteroatoms. The molecule has 0 aromatic carbocycles. The Kier molecular flexibility index (Phi) is 2.75. The van der Waals surface area contributed by atoms with Crippen molar-refractivity contribution in [3.8, 4) is 0 Å². The summed E-state index contributed by atoms with van der Waals surface area (Å²) >= 11 is 1.56. The van der Waals surface area contributed by atoms with E-state index in [0.717, 1.165) is 18.1 Å². The second kappa shape index (κ2) is 4.41. The Labute approximate surface area is 108 Å². The molecule has 1 N–H and O–H groups in total. The van der Waals surface area contributed by atoms with Crippen molar-refractivity contribution in [3.05, 3.63) is 29.7 Å². The molecule has 0 unspecified atom stereocenters. The van der Waals surface area contributed by atoms with Gasteiger partial charge < -0.3 is 5.32 Å². The van der Waals surface area contributed by atoms with E-state index in [1.54, 1.807) is 30.1 Å². The maximum absolute atomic E-state index is 12.0. The van der Waals surface area contributed by atoms with E-state index in [-0.39, 0.29) is 5.91 Å². The highest BCUT2D eigenvalue weighted by Gasteiger charge is 2.13. The number of nitrogens with zero attached hydrogens (tertiary/aromatic N) is 4. The number of carbonyl (C=O) groups is 1. The second-order valence-electron chi connectivity index (χ2n) is 3.88. The number of thioether (sulfide) groups is 1. The smallest absolute Gasteiger partial charge is 0.257 e. The van der Waals surface area contributed by atoms with E-state index in [1.165, 1.54) is 0 Å². The average molecular weight is 261 g/mol. The normalized spacial score (nSPS) is 14.8. The number of hydrogen-bond donors (Lipinski definition) is 1. The van der Waals surface area contributed by atoms with Gasteiger partial charge in [-0.25, -0.2) is 0 Å². The van der Waals surface area contributed by atoms with Crippen LogP contribution < -0.4 is 5.32 Å². The van der Waals surface area contributed by atoms with Gasteiger partial charge in [-0.15, -0.1) is 10.2 Å². The summed E-state index contributed by atoms with van der Waals surface area (Å²) in [7, 11) is 0. The molecule has 0 saturated carbocycles. The van der Waals surface area contributed by atoms with Crippen LogP contribution in [0.25, 0.3) is 5.65 Å². The van der Waals surface area contributed by atoms with Crippen molar-refractivity contribution in [2.45, 2.75) is 6.92 Å². The van der Waals surface area contributed by atoms with E-state index in [9.17, 15) is 4.79 Å². The van der Waals surface area contributed by atoms with Crippen LogP contribution in [0, 0.1) is 6.92 Å². The van der Waals surface area contributed by atoms with E-state index in [2.05, 4.69) is 20.5 Å². The van der Waals surface area contributed by atoms with Crippen LogP contribution in [0.2, 0.25) is 0 Å². The monoisotopic (exact) mass is 261 g/mol. The third kappa shape index (κ3) is 1.97. The number of nitrogens with one attached hydrogen (secondary N) is 1. The number of aromatic nitrogens is 3. The summed E-state index contributed by atoms with van der Waals surface area (Å²) in [4.78, 5) is 16.2. The number of pyridine rings is 1. The zero-order valence-electron chi connectivity index (χ0n) is 9.75. The van der Waals surface area contributed by atoms with E-state index in [0.29, 0.717) is 16.4 Å². The Balaban J connectivity index is 1.87. The zero-order valence-corrected chi connectivity index (χ0v) is 10.6. The van der Waals surface area contributed by atoms with Crippen LogP contribution in [-0.4, -0.2) is 38.0 Å². The Morgan fingerprint density at radius 3 is 3.17 bits per heavy atom. The molecule has 0 atom stereocenters. The lowest BCUT2D eigenvalue weighted by Crippen LogP contribution is -2.27. The first-order valence-electron chi connectivity index (χ1n) is 5.54. The Morgan fingerprint density at radius 1 is 1.50 bits per heavy atom. The quantitative estimate of drug-likeness (QED) is 0.827. The zero-order chi connectivity index (χ0) is 12.5. The molecule has 0 aliphatic carbocycles. The standard InChI is InChI=1S/C11H11N5OS/c1-7-14-15-9-6-8(2-4-16(7)9)10(17)13-11-12-3-5-18-11/h2,4,6H,3,5H2,1H3,(H,12,13,17). The minimum absolute atomic E-state index is 0.161. The van der Waals surface area contributed by atoms with Gasteiger partial charge in [0.05, 0.1) is 6.54 Å². The molecule has 3 heterocycles. The first-order valence-corrected chi connectivity index (χ1v) is 6.52. The predicted octanol–water partition coefficient (Wildman–Crippen LogP) is 0.870. The molecule has 2 aromatic heterocycles. The van der Waals surface area contributed by atoms with Crippen LogP contribution in [0.1, 0.15) is 16.2 Å². The number of aliphatic imine (C=N–C) groups is 1. The number of aryl methyl sites for hydroxylation is 1. The summed E-state index contributed by atoms with van der Waals surface area (Å²) in [5.41, 5.74) is 1.23. The highest BCUT2D eigenvalue weighted by atomic mass is 32.2. The number of amides is 1. The molecule has 2 aromatic rings. The fraction of sp³-hybridized carbons (Fsp3) is 0.273. The van der Waals surface area contributed by atoms with Crippen LogP contribution in [-0.2, 0) is 0 Å². The molecule has 18 heavy (non-hydrogen) atoms. The summed E-state index contributed by atoms with van der Waals surface area (Å²) in [6.07, 6.45) is 1.79. The molecule has 1 aliphatic rings. The van der Waals surface area contributed by atoms with Crippen LogP contribution >= 0.6 is 11.8 Å². The van der Waals surface area contributed by atoms with Crippen molar-refractivity contribution in [1.82, 2.24) is 19.9 Å². The summed E-state index contributed by atoms with van der Waals surface area (Å²) < 4.78 is 1.83. The maximum Gasteiger partial charge on any atom is 0.257 e. The van der Waals surface area contributed by atoms with Crippen molar-refractivity contribution in [2.24, 2.45) is 4.99 Å². The van der Waals surface area contributed by atoms with Crippen molar-refractivity contribution in [2.75, 3.05) is 12.3 Å². The molecule has 1 amide bonds. The third-order valence-electron chi connectivity index (χ3n) is 2.65. The maximum atomic E-state index is 12.0. The molecule has 0 bridgehead atoms. The molecular formula is C11H11N5OS. The Hall–Kier alpha value is -1.89. The highest BCUT2D eigenvalue weighted by molar-refractivity contribution is 8.14. The number of hydrogen-bond acceptors (Lipinski definition) is 5. The molecule has 92 valence electrons. The van der Waals surface area contributed by atoms with E-state index < -0.39 is 0 Å². The minimum atomic E-state index is -0.161. The molecule has 0 saturated heterocycles. The number of fused-ring (bicyclic) bond motifs is 1. The molecule has 0 fully saturated rings. The van der Waals surface area contributed by atoms with Gasteiger partial charge in [-0.05, 0) is 19.1 Å². The topological polar surface area (TPSA) is 71.7 Å². The molecular weight excluding hydrogens is 250 g/mol. The average Bonchev–Trinajstić information content (AvgIpc) is 2.99. The van der Waals surface area contributed by atoms with E-state index >= 15 is 0 Å². The Bertz CT molecular complexity index is 648. The number of amidine groups is 1. The van der Waals surface area contributed by atoms with Gasteiger partial charge in [0.25, 0.3) is 5.91 Å². The lowest BCUT2D eigenvalue weighted by Gasteiger charge is -2.04. The summed E-state index contributed by atoms with van der Waals surface area (Å²) in [6.45, 7) is 2.63. The fourth-order valence-corrected chi connectivity index (χ4v) is 2.46. The second-order valence-corrected chi connectivity index (χ2v) is 4.96. The molecule has 1 aliphatic heterocycles. The fourth-order valence-electron chi connectivity index (χ4n) is 1.73. The van der Waals surface area contributed by atoms with Gasteiger partial charge in [0.1, 0.15) is 5.82 Å². The highest BCUT2D eigenvalue weighted by Crippen LogP contribution is 2.11. The molecule has 0 radical (unpaired) electrons. The van der Waals surface area contributed by atoms with Crippen molar-refractivity contribution in [1.29, 1.82) is 0 Å². The van der Waals surface area contributed by atoms with E-state index in [4.69, 9.17) is 0 Å². The largest absolute Gasteiger partial charge is 0.301 e. The third-order valence-corrected chi connectivity index (χ3v) is 3.54. The minimum Gasteiger partial charge on any atom is -0.301 e. The molecule has 0 spiro atoms. The van der Waals surface area contributed by atoms with Crippen LogP contribution in [0.3, 0.4) is 0 Å². The first-order chi connectivity index (χ1) is 8.74. The summed E-state index contributed by atoms with van der Waals surface area (Å²) in [6, 6.07) is 3.47. The molecule has 6 nitrogen and oxygen atoms in total. The Morgan fingerprint density at radius 2 is 2.39 bits per heavy atom. The number of carbonyl (C=O) groups excluding carboxylic acids is 1. The van der Waals surface area contributed by atoms with Crippen LogP contribution in [0.5, 0.6) is 0 Å². The summed E-state index contributed by atoms with van der Waals surface area (Å²) in [5.74, 6) is 1.57. The van der Waals surface area contributed by atoms with Crippen molar-refractivity contribution < 1.29 is 4.79 Å². The lowest BCUT2D eigenvalue weighted by molar-refractivity contribution is 0.0978. The summed E-state index contributed by atoms with van der Waals surface area (Å²) in [5, 5.41) is 11.4. The van der Waals surface area contributed by atoms with Gasteiger partial charge in [-0.3, -0.25) is 14.2 Å². The van der Waals surface area contributed by atoms with Gasteiger partial charge in [0.2, 0.25) is 0 Å². The van der Waals surface area contributed by atoms with E-state index in [1.807, 2.05) is 11.3 Å². The van der Waals surface area contributed by atoms with Gasteiger partial charge in [0, 0.05) is 17.5 Å².